The highest BCUT2D eigenvalue weighted by atomic mass is 32.2. The van der Waals surface area contributed by atoms with Crippen LogP contribution in [0.4, 0.5) is 11.4 Å². The van der Waals surface area contributed by atoms with Crippen molar-refractivity contribution in [2.45, 2.75) is 51.9 Å². The highest BCUT2D eigenvalue weighted by Crippen LogP contribution is 2.32. The Morgan fingerprint density at radius 1 is 0.885 bits per heavy atom. The van der Waals surface area contributed by atoms with E-state index in [1.54, 1.807) is 0 Å². The highest BCUT2D eigenvalue weighted by molar-refractivity contribution is 7.92. The number of anilines is 2. The number of aryl methyl sites for hydroxylation is 2. The lowest BCUT2D eigenvalue weighted by Gasteiger charge is -2.30. The number of nitrogens with zero attached hydrogens (tertiary/aromatic N) is 1. The Kier molecular flexibility index (Phi) is 5.28. The smallest absolute Gasteiger partial charge is 0.262 e. The molecule has 0 aliphatic carbocycles. The lowest BCUT2D eigenvalue weighted by atomic mass is 10.0. The van der Waals surface area contributed by atoms with E-state index >= 15 is 0 Å². The fourth-order valence-electron chi connectivity index (χ4n) is 3.75. The van der Waals surface area contributed by atoms with Crippen LogP contribution in [0.15, 0.2) is 35.2 Å². The third-order valence-corrected chi connectivity index (χ3v) is 7.05. The van der Waals surface area contributed by atoms with Crippen molar-refractivity contribution in [1.29, 1.82) is 0 Å². The van der Waals surface area contributed by atoms with Crippen molar-refractivity contribution in [1.82, 2.24) is 0 Å². The molecule has 1 saturated heterocycles. The first-order chi connectivity index (χ1) is 12.3. The van der Waals surface area contributed by atoms with Gasteiger partial charge in [-0.3, -0.25) is 4.72 Å². The molecule has 1 fully saturated rings. The maximum atomic E-state index is 13.3. The van der Waals surface area contributed by atoms with Crippen LogP contribution in [0.3, 0.4) is 0 Å². The molecule has 0 atom stereocenters. The topological polar surface area (TPSA) is 49.4 Å². The summed E-state index contributed by atoms with van der Waals surface area (Å²) in [6.07, 6.45) is 3.54. The average molecular weight is 373 g/mol. The van der Waals surface area contributed by atoms with Gasteiger partial charge < -0.3 is 4.90 Å². The zero-order valence-electron chi connectivity index (χ0n) is 16.1. The maximum absolute atomic E-state index is 13.3. The maximum Gasteiger partial charge on any atom is 0.262 e. The van der Waals surface area contributed by atoms with Gasteiger partial charge in [-0.15, -0.1) is 0 Å². The quantitative estimate of drug-likeness (QED) is 0.845. The first-order valence-corrected chi connectivity index (χ1v) is 10.7. The lowest BCUT2D eigenvalue weighted by molar-refractivity contribution is 0.578. The van der Waals surface area contributed by atoms with Gasteiger partial charge in [-0.25, -0.2) is 8.42 Å². The second kappa shape index (κ2) is 7.31. The molecule has 2 aromatic carbocycles. The lowest BCUT2D eigenvalue weighted by Crippen LogP contribution is -2.30. The van der Waals surface area contributed by atoms with Crippen LogP contribution >= 0.6 is 0 Å². The van der Waals surface area contributed by atoms with Crippen LogP contribution in [0, 0.1) is 27.7 Å². The van der Waals surface area contributed by atoms with Gasteiger partial charge in [0, 0.05) is 13.1 Å². The summed E-state index contributed by atoms with van der Waals surface area (Å²) in [5, 5.41) is 0. The zero-order valence-corrected chi connectivity index (χ0v) is 16.9. The molecule has 5 heteroatoms. The van der Waals surface area contributed by atoms with Crippen molar-refractivity contribution in [3.8, 4) is 0 Å². The summed E-state index contributed by atoms with van der Waals surface area (Å²) in [7, 11) is -3.66. The van der Waals surface area contributed by atoms with Crippen LogP contribution in [0.5, 0.6) is 0 Å². The van der Waals surface area contributed by atoms with Crippen LogP contribution in [0.2, 0.25) is 0 Å². The normalized spacial score (nSPS) is 15.2. The molecule has 1 aliphatic heterocycles. The Morgan fingerprint density at radius 2 is 1.46 bits per heavy atom. The molecule has 0 bridgehead atoms. The molecule has 0 aromatic heterocycles. The van der Waals surface area contributed by atoms with Gasteiger partial charge in [0.1, 0.15) is 0 Å². The molecule has 3 rings (SSSR count). The van der Waals surface area contributed by atoms with Gasteiger partial charge in [0.05, 0.1) is 16.3 Å². The molecule has 0 amide bonds. The average Bonchev–Trinajstić information content (AvgIpc) is 2.61. The third kappa shape index (κ3) is 3.58. The number of para-hydroxylation sites is 2. The summed E-state index contributed by atoms with van der Waals surface area (Å²) in [6, 6.07) is 9.76. The van der Waals surface area contributed by atoms with Gasteiger partial charge in [-0.1, -0.05) is 18.2 Å². The van der Waals surface area contributed by atoms with Gasteiger partial charge in [0.2, 0.25) is 0 Å². The molecule has 0 unspecified atom stereocenters. The zero-order chi connectivity index (χ0) is 18.9. The van der Waals surface area contributed by atoms with E-state index in [1.807, 2.05) is 58.0 Å². The van der Waals surface area contributed by atoms with E-state index in [0.717, 1.165) is 53.9 Å². The Hall–Kier alpha value is -2.01. The van der Waals surface area contributed by atoms with Crippen LogP contribution in [-0.4, -0.2) is 21.5 Å². The molecule has 1 N–H and O–H groups in total. The fraction of sp³-hybridized carbons (Fsp3) is 0.429. The van der Waals surface area contributed by atoms with Gasteiger partial charge in [0.25, 0.3) is 10.0 Å². The molecule has 0 saturated carbocycles. The molecular weight excluding hydrogens is 344 g/mol. The molecule has 1 heterocycles. The third-order valence-electron chi connectivity index (χ3n) is 5.41. The van der Waals surface area contributed by atoms with Gasteiger partial charge >= 0.3 is 0 Å². The van der Waals surface area contributed by atoms with Gasteiger partial charge in [0.15, 0.2) is 0 Å². The summed E-state index contributed by atoms with van der Waals surface area (Å²) in [5.74, 6) is 0. The number of piperidine rings is 1. The molecule has 26 heavy (non-hydrogen) atoms. The number of benzene rings is 2. The first kappa shape index (κ1) is 18.8. The molecule has 0 spiro atoms. The Morgan fingerprint density at radius 3 is 2.08 bits per heavy atom. The van der Waals surface area contributed by atoms with E-state index in [-0.39, 0.29) is 0 Å². The first-order valence-electron chi connectivity index (χ1n) is 9.25. The van der Waals surface area contributed by atoms with Gasteiger partial charge in [-0.2, -0.15) is 0 Å². The van der Waals surface area contributed by atoms with Crippen molar-refractivity contribution in [3.63, 3.8) is 0 Å². The SMILES string of the molecule is Cc1cc(C)c(C)c(S(=O)(=O)Nc2ccccc2N2CCCCC2)c1C. The van der Waals surface area contributed by atoms with E-state index in [2.05, 4.69) is 9.62 Å². The Labute approximate surface area is 157 Å². The van der Waals surface area contributed by atoms with E-state index in [0.29, 0.717) is 10.6 Å². The Balaban J connectivity index is 2.02. The fourth-order valence-corrected chi connectivity index (χ4v) is 5.44. The highest BCUT2D eigenvalue weighted by Gasteiger charge is 2.24. The summed E-state index contributed by atoms with van der Waals surface area (Å²) in [6.45, 7) is 9.63. The van der Waals surface area contributed by atoms with Crippen LogP contribution in [-0.2, 0) is 10.0 Å². The van der Waals surface area contributed by atoms with Crippen LogP contribution < -0.4 is 9.62 Å². The monoisotopic (exact) mass is 372 g/mol. The largest absolute Gasteiger partial charge is 0.370 e. The van der Waals surface area contributed by atoms with Crippen LogP contribution in [0.1, 0.15) is 41.5 Å². The molecule has 4 nitrogen and oxygen atoms in total. The molecular formula is C21H28N2O2S. The Bertz CT molecular complexity index is 888. The number of nitrogens with one attached hydrogen (secondary N) is 1. The van der Waals surface area contributed by atoms with Gasteiger partial charge in [-0.05, 0) is 81.3 Å². The minimum atomic E-state index is -3.66. The molecule has 2 aromatic rings. The summed E-state index contributed by atoms with van der Waals surface area (Å²) in [5.41, 5.74) is 5.26. The second-order valence-electron chi connectivity index (χ2n) is 7.26. The predicted octanol–water partition coefficient (Wildman–Crippen LogP) is 4.71. The number of hydrogen-bond donors (Lipinski definition) is 1. The standard InChI is InChI=1S/C21H28N2O2S/c1-15-14-16(2)18(4)21(17(15)3)26(24,25)22-19-10-6-7-11-20(19)23-12-8-5-9-13-23/h6-7,10-11,14,22H,5,8-9,12-13H2,1-4H3. The van der Waals surface area contributed by atoms with Crippen LogP contribution in [0.25, 0.3) is 0 Å². The summed E-state index contributed by atoms with van der Waals surface area (Å²) >= 11 is 0. The molecule has 140 valence electrons. The van der Waals surface area contributed by atoms with Crippen molar-refractivity contribution < 1.29 is 8.42 Å². The van der Waals surface area contributed by atoms with E-state index in [1.165, 1.54) is 6.42 Å². The van der Waals surface area contributed by atoms with E-state index in [9.17, 15) is 8.42 Å². The second-order valence-corrected chi connectivity index (χ2v) is 8.88. The minimum absolute atomic E-state index is 0.406. The number of hydrogen-bond acceptors (Lipinski definition) is 3. The summed E-state index contributed by atoms with van der Waals surface area (Å²) in [4.78, 5) is 2.69. The van der Waals surface area contributed by atoms with Crippen molar-refractivity contribution in [3.05, 3.63) is 52.6 Å². The number of rotatable bonds is 4. The minimum Gasteiger partial charge on any atom is -0.370 e. The van der Waals surface area contributed by atoms with E-state index < -0.39 is 10.0 Å². The predicted molar refractivity (Wildman–Crippen MR) is 109 cm³/mol. The molecule has 1 aliphatic rings. The van der Waals surface area contributed by atoms with Crippen molar-refractivity contribution >= 4 is 21.4 Å². The summed E-state index contributed by atoms with van der Waals surface area (Å²) < 4.78 is 29.4. The van der Waals surface area contributed by atoms with Crippen molar-refractivity contribution in [2.24, 2.45) is 0 Å². The van der Waals surface area contributed by atoms with Crippen molar-refractivity contribution in [2.75, 3.05) is 22.7 Å². The number of sulfonamides is 1. The molecule has 0 radical (unpaired) electrons. The van der Waals surface area contributed by atoms with E-state index in [4.69, 9.17) is 0 Å².